The first-order valence-corrected chi connectivity index (χ1v) is 13.3. The summed E-state index contributed by atoms with van der Waals surface area (Å²) >= 11 is 0. The second-order valence-corrected chi connectivity index (χ2v) is 13.0. The fourth-order valence-electron chi connectivity index (χ4n) is 9.14. The van der Waals surface area contributed by atoms with Gasteiger partial charge in [-0.1, -0.05) is 46.3 Å². The van der Waals surface area contributed by atoms with E-state index in [0.29, 0.717) is 29.1 Å². The predicted molar refractivity (Wildman–Crippen MR) is 125 cm³/mol. The Morgan fingerprint density at radius 2 is 1.77 bits per heavy atom. The standard InChI is InChI=1S/C28H46O3/c1-17(2)28(16-31-28)13-8-18(3)21-6-7-22-25-23(10-12-27(21,22)5)26(4)11-9-20(29)14-19(26)15-24(25)30/h15,17-18,20-25,29-30H,6-14,16H2,1-5H3/t18-,20+,21-,22+,23+,24+,25+,26+,27-,28?/m1/s1. The number of epoxide rings is 1. The number of ether oxygens (including phenoxy) is 1. The molecule has 2 N–H and O–H groups in total. The van der Waals surface area contributed by atoms with Gasteiger partial charge in [-0.15, -0.1) is 0 Å². The van der Waals surface area contributed by atoms with Gasteiger partial charge in [0.05, 0.1) is 24.4 Å². The molecule has 1 saturated heterocycles. The van der Waals surface area contributed by atoms with Gasteiger partial charge in [0, 0.05) is 0 Å². The number of aliphatic hydroxyl groups excluding tert-OH is 2. The number of aliphatic hydroxyl groups is 2. The van der Waals surface area contributed by atoms with Gasteiger partial charge in [0.1, 0.15) is 0 Å². The van der Waals surface area contributed by atoms with Gasteiger partial charge in [0.15, 0.2) is 0 Å². The Hall–Kier alpha value is -0.380. The molecule has 3 saturated carbocycles. The molecule has 5 rings (SSSR count). The summed E-state index contributed by atoms with van der Waals surface area (Å²) in [5, 5.41) is 21.6. The van der Waals surface area contributed by atoms with Crippen molar-refractivity contribution in [1.82, 2.24) is 0 Å². The molecule has 0 aromatic rings. The quantitative estimate of drug-likeness (QED) is 0.432. The van der Waals surface area contributed by atoms with Crippen molar-refractivity contribution in [2.75, 3.05) is 6.61 Å². The Morgan fingerprint density at radius 3 is 2.45 bits per heavy atom. The van der Waals surface area contributed by atoms with Crippen LogP contribution >= 0.6 is 0 Å². The van der Waals surface area contributed by atoms with E-state index in [0.717, 1.165) is 37.7 Å². The van der Waals surface area contributed by atoms with E-state index >= 15 is 0 Å². The molecule has 0 aromatic heterocycles. The summed E-state index contributed by atoms with van der Waals surface area (Å²) in [6.07, 6.45) is 12.1. The number of hydrogen-bond donors (Lipinski definition) is 2. The van der Waals surface area contributed by atoms with Crippen molar-refractivity contribution < 1.29 is 14.9 Å². The van der Waals surface area contributed by atoms with Crippen molar-refractivity contribution in [3.05, 3.63) is 11.6 Å². The van der Waals surface area contributed by atoms with Gasteiger partial charge in [-0.2, -0.15) is 0 Å². The smallest absolute Gasteiger partial charge is 0.0939 e. The summed E-state index contributed by atoms with van der Waals surface area (Å²) in [4.78, 5) is 0. The molecule has 31 heavy (non-hydrogen) atoms. The third-order valence-corrected chi connectivity index (χ3v) is 11.5. The van der Waals surface area contributed by atoms with Gasteiger partial charge in [0.2, 0.25) is 0 Å². The van der Waals surface area contributed by atoms with Crippen LogP contribution in [0.4, 0.5) is 0 Å². The average Bonchev–Trinajstić information content (AvgIpc) is 3.43. The van der Waals surface area contributed by atoms with Gasteiger partial charge >= 0.3 is 0 Å². The normalized spacial score (nSPS) is 52.2. The molecule has 176 valence electrons. The van der Waals surface area contributed by atoms with Crippen LogP contribution in [-0.2, 0) is 4.74 Å². The average molecular weight is 431 g/mol. The van der Waals surface area contributed by atoms with Crippen molar-refractivity contribution >= 4 is 0 Å². The summed E-state index contributed by atoms with van der Waals surface area (Å²) in [5.41, 5.74) is 2.09. The Bertz CT molecular complexity index is 724. The van der Waals surface area contributed by atoms with Crippen LogP contribution in [0.15, 0.2) is 11.6 Å². The molecule has 4 fully saturated rings. The molecule has 1 aliphatic heterocycles. The second kappa shape index (κ2) is 7.57. The maximum Gasteiger partial charge on any atom is 0.0939 e. The predicted octanol–water partition coefficient (Wildman–Crippen LogP) is 5.74. The SMILES string of the molecule is CC(C)C1(CC[C@@H](C)[C@H]2CC[C@H]3[C@@H]4[C@@H](O)C=C5C[C@@H](O)CC[C@]5(C)[C@H]4CC[C@]23C)CO1. The summed E-state index contributed by atoms with van der Waals surface area (Å²) in [7, 11) is 0. The molecule has 3 nitrogen and oxygen atoms in total. The lowest BCUT2D eigenvalue weighted by Gasteiger charge is -2.59. The molecule has 4 aliphatic carbocycles. The summed E-state index contributed by atoms with van der Waals surface area (Å²) in [5.74, 6) is 3.78. The van der Waals surface area contributed by atoms with E-state index in [2.05, 4.69) is 40.7 Å². The Morgan fingerprint density at radius 1 is 1.03 bits per heavy atom. The molecular formula is C28H46O3. The van der Waals surface area contributed by atoms with Crippen LogP contribution in [0, 0.1) is 46.3 Å². The highest BCUT2D eigenvalue weighted by Crippen LogP contribution is 2.67. The van der Waals surface area contributed by atoms with Crippen LogP contribution < -0.4 is 0 Å². The monoisotopic (exact) mass is 430 g/mol. The van der Waals surface area contributed by atoms with E-state index in [4.69, 9.17) is 4.74 Å². The Kier molecular flexibility index (Phi) is 5.47. The summed E-state index contributed by atoms with van der Waals surface area (Å²) in [6, 6.07) is 0. The number of hydrogen-bond acceptors (Lipinski definition) is 3. The molecular weight excluding hydrogens is 384 g/mol. The first-order chi connectivity index (χ1) is 14.6. The first-order valence-electron chi connectivity index (χ1n) is 13.3. The van der Waals surface area contributed by atoms with Gasteiger partial charge in [0.25, 0.3) is 0 Å². The fourth-order valence-corrected chi connectivity index (χ4v) is 9.14. The van der Waals surface area contributed by atoms with E-state index in [1.165, 1.54) is 44.1 Å². The molecule has 0 amide bonds. The van der Waals surface area contributed by atoms with Crippen molar-refractivity contribution in [1.29, 1.82) is 0 Å². The molecule has 0 bridgehead atoms. The van der Waals surface area contributed by atoms with E-state index in [1.807, 2.05) is 0 Å². The third-order valence-electron chi connectivity index (χ3n) is 11.5. The number of rotatable bonds is 5. The van der Waals surface area contributed by atoms with Gasteiger partial charge in [-0.3, -0.25) is 0 Å². The van der Waals surface area contributed by atoms with E-state index in [9.17, 15) is 10.2 Å². The van der Waals surface area contributed by atoms with E-state index < -0.39 is 0 Å². The van der Waals surface area contributed by atoms with Crippen LogP contribution in [0.5, 0.6) is 0 Å². The molecule has 0 radical (unpaired) electrons. The zero-order chi connectivity index (χ0) is 22.2. The zero-order valence-corrected chi connectivity index (χ0v) is 20.6. The minimum absolute atomic E-state index is 0.172. The highest BCUT2D eigenvalue weighted by Gasteiger charge is 2.61. The lowest BCUT2D eigenvalue weighted by molar-refractivity contribution is -0.0972. The highest BCUT2D eigenvalue weighted by atomic mass is 16.6. The Labute approximate surface area is 190 Å². The topological polar surface area (TPSA) is 53.0 Å². The highest BCUT2D eigenvalue weighted by molar-refractivity contribution is 5.28. The van der Waals surface area contributed by atoms with Crippen LogP contribution in [-0.4, -0.2) is 34.6 Å². The molecule has 0 aromatic carbocycles. The Balaban J connectivity index is 1.34. The van der Waals surface area contributed by atoms with E-state index in [-0.39, 0.29) is 23.2 Å². The minimum atomic E-state index is -0.318. The lowest BCUT2D eigenvalue weighted by atomic mass is 9.46. The van der Waals surface area contributed by atoms with Gasteiger partial charge in [-0.25, -0.2) is 0 Å². The molecule has 1 heterocycles. The van der Waals surface area contributed by atoms with Crippen molar-refractivity contribution in [3.8, 4) is 0 Å². The summed E-state index contributed by atoms with van der Waals surface area (Å²) < 4.78 is 5.90. The summed E-state index contributed by atoms with van der Waals surface area (Å²) in [6.45, 7) is 13.1. The number of fused-ring (bicyclic) bond motifs is 5. The van der Waals surface area contributed by atoms with Crippen LogP contribution in [0.2, 0.25) is 0 Å². The first kappa shape index (κ1) is 22.4. The van der Waals surface area contributed by atoms with Gasteiger partial charge in [-0.05, 0) is 104 Å². The molecule has 5 aliphatic rings. The van der Waals surface area contributed by atoms with Crippen LogP contribution in [0.25, 0.3) is 0 Å². The van der Waals surface area contributed by atoms with Crippen molar-refractivity contribution in [3.63, 3.8) is 0 Å². The zero-order valence-electron chi connectivity index (χ0n) is 20.6. The maximum atomic E-state index is 11.3. The van der Waals surface area contributed by atoms with Crippen molar-refractivity contribution in [2.45, 2.75) is 110 Å². The van der Waals surface area contributed by atoms with Crippen LogP contribution in [0.1, 0.15) is 92.4 Å². The fraction of sp³-hybridized carbons (Fsp3) is 0.929. The minimum Gasteiger partial charge on any atom is -0.393 e. The molecule has 10 atom stereocenters. The molecule has 1 unspecified atom stereocenters. The van der Waals surface area contributed by atoms with E-state index in [1.54, 1.807) is 0 Å². The second-order valence-electron chi connectivity index (χ2n) is 13.0. The lowest BCUT2D eigenvalue weighted by Crippen LogP contribution is -2.55. The molecule has 3 heteroatoms. The van der Waals surface area contributed by atoms with Crippen molar-refractivity contribution in [2.24, 2.45) is 46.3 Å². The largest absolute Gasteiger partial charge is 0.393 e. The molecule has 0 spiro atoms. The van der Waals surface area contributed by atoms with Gasteiger partial charge < -0.3 is 14.9 Å². The van der Waals surface area contributed by atoms with Crippen LogP contribution in [0.3, 0.4) is 0 Å². The maximum absolute atomic E-state index is 11.3. The third kappa shape index (κ3) is 3.39.